The lowest BCUT2D eigenvalue weighted by atomic mass is 9.85. The predicted molar refractivity (Wildman–Crippen MR) is 254 cm³/mol. The number of phosphoric ester groups is 2. The van der Waals surface area contributed by atoms with Crippen molar-refractivity contribution in [2.45, 2.75) is 184 Å². The van der Waals surface area contributed by atoms with Gasteiger partial charge in [-0.25, -0.2) is 9.13 Å². The lowest BCUT2D eigenvalue weighted by Crippen LogP contribution is -2.64. The number of hydrogen-bond acceptors (Lipinski definition) is 16. The van der Waals surface area contributed by atoms with E-state index in [9.17, 15) is 59.4 Å². The van der Waals surface area contributed by atoms with Gasteiger partial charge in [-0.1, -0.05) is 137 Å². The monoisotopic (exact) mass is 1010 g/mol. The van der Waals surface area contributed by atoms with Crippen molar-refractivity contribution in [3.05, 3.63) is 85.1 Å². The average Bonchev–Trinajstić information content (AvgIpc) is 3.28. The molecular formula is C47H78O19P2. The number of aliphatic hydroxyl groups excluding tert-OH is 7. The summed E-state index contributed by atoms with van der Waals surface area (Å²) in [5.74, 6) is -1.56. The number of hydrogen-bond donors (Lipinski definition) is 10. The Morgan fingerprint density at radius 2 is 1.16 bits per heavy atom. The second kappa shape index (κ2) is 36.9. The molecule has 0 aromatic rings. The second-order valence-electron chi connectivity index (χ2n) is 16.3. The van der Waals surface area contributed by atoms with Crippen molar-refractivity contribution in [1.82, 2.24) is 0 Å². The van der Waals surface area contributed by atoms with E-state index in [0.29, 0.717) is 19.3 Å². The third kappa shape index (κ3) is 30.6. The molecule has 390 valence electrons. The standard InChI is InChI=1S/C47H78O19P2/c1-3-5-7-8-9-10-11-12-13-14-15-16-17-22-26-32-41(52)64-37(35-63-68(60,61)66-47-44(55)42(53)43(54)46(45(47)56)65-67(57,58)59)34-62-40(51)33-27-31-39(50)38(49)30-25-21-19-18-20-24-29-36(48)28-23-6-4-2/h5,7,9-10,12-13,18-21,24-25,29-30,36-39,42-50,53-56H,3-4,6,8,11,14-17,22-23,26-28,31-35H2,1-2H3,(H,60,61)(H2,57,58,59)/b7-5-,10-9-,13-12-,20-18-,21-19+,29-24+,30-25+/t36-,37-,38-,39-,42?,43?,44?,45?,46-,47+/m1/s1. The van der Waals surface area contributed by atoms with Gasteiger partial charge in [-0.05, 0) is 57.8 Å². The van der Waals surface area contributed by atoms with Crippen LogP contribution >= 0.6 is 15.6 Å². The van der Waals surface area contributed by atoms with Gasteiger partial charge in [0.2, 0.25) is 0 Å². The van der Waals surface area contributed by atoms with Crippen LogP contribution in [0.5, 0.6) is 0 Å². The van der Waals surface area contributed by atoms with E-state index >= 15 is 0 Å². The molecule has 11 atom stereocenters. The first-order chi connectivity index (χ1) is 32.3. The number of phosphoric acid groups is 2. The van der Waals surface area contributed by atoms with E-state index in [1.54, 1.807) is 36.5 Å². The van der Waals surface area contributed by atoms with Gasteiger partial charge < -0.3 is 59.9 Å². The lowest BCUT2D eigenvalue weighted by Gasteiger charge is -2.43. The van der Waals surface area contributed by atoms with Crippen LogP contribution in [0.4, 0.5) is 0 Å². The number of carbonyl (C=O) groups excluding carboxylic acids is 2. The molecule has 0 aromatic heterocycles. The number of allylic oxidation sites excluding steroid dienone is 12. The Morgan fingerprint density at radius 3 is 1.81 bits per heavy atom. The zero-order valence-electron chi connectivity index (χ0n) is 39.3. The summed E-state index contributed by atoms with van der Waals surface area (Å²) in [4.78, 5) is 54.3. The maximum Gasteiger partial charge on any atom is 0.472 e. The van der Waals surface area contributed by atoms with Gasteiger partial charge in [-0.3, -0.25) is 23.2 Å². The topological polar surface area (TPSA) is 317 Å². The first-order valence-corrected chi connectivity index (χ1v) is 26.5. The summed E-state index contributed by atoms with van der Waals surface area (Å²) in [6.45, 7) is 2.57. The first kappa shape index (κ1) is 63.1. The van der Waals surface area contributed by atoms with Crippen LogP contribution in [0.3, 0.4) is 0 Å². The van der Waals surface area contributed by atoms with Crippen molar-refractivity contribution in [3.63, 3.8) is 0 Å². The molecule has 0 saturated heterocycles. The Balaban J connectivity index is 2.76. The number of aliphatic hydroxyl groups is 7. The number of ether oxygens (including phenoxy) is 2. The molecule has 0 heterocycles. The maximum atomic E-state index is 13.0. The van der Waals surface area contributed by atoms with Gasteiger partial charge in [0.1, 0.15) is 43.2 Å². The highest BCUT2D eigenvalue weighted by atomic mass is 31.2. The molecule has 10 N–H and O–H groups in total. The molecule has 5 unspecified atom stereocenters. The van der Waals surface area contributed by atoms with E-state index in [-0.39, 0.29) is 25.7 Å². The van der Waals surface area contributed by atoms with Gasteiger partial charge in [0.15, 0.2) is 6.10 Å². The molecule has 19 nitrogen and oxygen atoms in total. The number of unbranched alkanes of at least 4 members (excludes halogenated alkanes) is 7. The molecule has 1 rings (SSSR count). The van der Waals surface area contributed by atoms with Crippen molar-refractivity contribution >= 4 is 27.6 Å². The molecule has 0 aromatic carbocycles. The van der Waals surface area contributed by atoms with E-state index in [1.807, 2.05) is 0 Å². The maximum absolute atomic E-state index is 13.0. The molecule has 21 heteroatoms. The molecule has 1 aliphatic rings. The number of rotatable bonds is 37. The second-order valence-corrected chi connectivity index (χ2v) is 18.9. The molecule has 0 amide bonds. The molecule has 0 radical (unpaired) electrons. The van der Waals surface area contributed by atoms with Crippen LogP contribution < -0.4 is 0 Å². The van der Waals surface area contributed by atoms with Crippen LogP contribution in [0.25, 0.3) is 0 Å². The quantitative estimate of drug-likeness (QED) is 0.0120. The fourth-order valence-electron chi connectivity index (χ4n) is 6.54. The molecular weight excluding hydrogens is 930 g/mol. The average molecular weight is 1010 g/mol. The number of esters is 2. The lowest BCUT2D eigenvalue weighted by molar-refractivity contribution is -0.216. The summed E-state index contributed by atoms with van der Waals surface area (Å²) in [5, 5.41) is 71.8. The molecule has 1 aliphatic carbocycles. The Labute approximate surface area is 401 Å². The SMILES string of the molecule is CC/C=C\C/C=C\C/C=C\CCCCCCCC(=O)O[C@H](COC(=O)CCC[C@@H](O)[C@H](O)/C=C/C=C/C=C\C=C\[C@H](O)CCCCC)COP(=O)(O)O[C@H]1C(O)C(O)C(O)[C@@H](OP(=O)(O)O)C1O. The summed E-state index contributed by atoms with van der Waals surface area (Å²) >= 11 is 0. The smallest absolute Gasteiger partial charge is 0.462 e. The molecule has 0 aliphatic heterocycles. The Bertz CT molecular complexity index is 1690. The van der Waals surface area contributed by atoms with Gasteiger partial charge in [-0.2, -0.15) is 0 Å². The third-order valence-electron chi connectivity index (χ3n) is 10.3. The van der Waals surface area contributed by atoms with Crippen molar-refractivity contribution in [1.29, 1.82) is 0 Å². The molecule has 1 saturated carbocycles. The van der Waals surface area contributed by atoms with Crippen LogP contribution in [-0.4, -0.2) is 137 Å². The Hall–Kier alpha value is -2.94. The van der Waals surface area contributed by atoms with E-state index < -0.39 is 102 Å². The van der Waals surface area contributed by atoms with Crippen molar-refractivity contribution in [3.8, 4) is 0 Å². The first-order valence-electron chi connectivity index (χ1n) is 23.5. The van der Waals surface area contributed by atoms with E-state index in [2.05, 4.69) is 54.8 Å². The zero-order chi connectivity index (χ0) is 50.8. The molecule has 0 bridgehead atoms. The summed E-state index contributed by atoms with van der Waals surface area (Å²) in [6.07, 6.45) is 18.9. The Kier molecular flexibility index (Phi) is 34.3. The summed E-state index contributed by atoms with van der Waals surface area (Å²) in [5.41, 5.74) is 0. The highest BCUT2D eigenvalue weighted by Crippen LogP contribution is 2.49. The molecule has 0 spiro atoms. The fraction of sp³-hybridized carbons (Fsp3) is 0.660. The Morgan fingerprint density at radius 1 is 0.588 bits per heavy atom. The minimum atomic E-state index is -5.41. The molecule has 1 fully saturated rings. The van der Waals surface area contributed by atoms with E-state index in [1.165, 1.54) is 12.2 Å². The van der Waals surface area contributed by atoms with E-state index in [4.69, 9.17) is 28.3 Å². The van der Waals surface area contributed by atoms with E-state index in [0.717, 1.165) is 64.2 Å². The summed E-state index contributed by atoms with van der Waals surface area (Å²) in [6, 6.07) is 0. The summed E-state index contributed by atoms with van der Waals surface area (Å²) in [7, 11) is -10.8. The largest absolute Gasteiger partial charge is 0.472 e. The summed E-state index contributed by atoms with van der Waals surface area (Å²) < 4.78 is 49.1. The van der Waals surface area contributed by atoms with Crippen LogP contribution in [0.1, 0.15) is 123 Å². The fourth-order valence-corrected chi connectivity index (χ4v) is 8.08. The third-order valence-corrected chi connectivity index (χ3v) is 11.8. The van der Waals surface area contributed by atoms with Crippen molar-refractivity contribution in [2.75, 3.05) is 13.2 Å². The van der Waals surface area contributed by atoms with Crippen LogP contribution in [0, 0.1) is 0 Å². The van der Waals surface area contributed by atoms with Crippen molar-refractivity contribution < 1.29 is 92.2 Å². The van der Waals surface area contributed by atoms with Gasteiger partial charge in [-0.15, -0.1) is 0 Å². The van der Waals surface area contributed by atoms with Crippen LogP contribution in [0.15, 0.2) is 85.1 Å². The highest BCUT2D eigenvalue weighted by Gasteiger charge is 2.54. The van der Waals surface area contributed by atoms with Gasteiger partial charge in [0, 0.05) is 12.8 Å². The highest BCUT2D eigenvalue weighted by molar-refractivity contribution is 7.47. The molecule has 68 heavy (non-hydrogen) atoms. The van der Waals surface area contributed by atoms with Crippen molar-refractivity contribution in [2.24, 2.45) is 0 Å². The zero-order valence-corrected chi connectivity index (χ0v) is 41.1. The van der Waals surface area contributed by atoms with Crippen LogP contribution in [0.2, 0.25) is 0 Å². The minimum Gasteiger partial charge on any atom is -0.462 e. The van der Waals surface area contributed by atoms with Gasteiger partial charge in [0.25, 0.3) is 0 Å². The normalized spacial score (nSPS) is 23.4. The van der Waals surface area contributed by atoms with Crippen LogP contribution in [-0.2, 0) is 41.8 Å². The minimum absolute atomic E-state index is 0.00145. The van der Waals surface area contributed by atoms with Gasteiger partial charge >= 0.3 is 27.6 Å². The number of carbonyl (C=O) groups is 2. The predicted octanol–water partition coefficient (Wildman–Crippen LogP) is 5.53. The van der Waals surface area contributed by atoms with Gasteiger partial charge in [0.05, 0.1) is 24.9 Å².